The molecule has 0 atom stereocenters. The molecule has 0 nitrogen and oxygen atoms in total. The summed E-state index contributed by atoms with van der Waals surface area (Å²) in [5.74, 6) is 0. The third-order valence-corrected chi connectivity index (χ3v) is 3.11. The average molecular weight is 273 g/mol. The SMILES string of the molecule is CC/C=C(\C=C(/Br)CCCCCC)CC. The van der Waals surface area contributed by atoms with E-state index >= 15 is 0 Å². The lowest BCUT2D eigenvalue weighted by Gasteiger charge is -2.02. The Morgan fingerprint density at radius 3 is 2.33 bits per heavy atom. The van der Waals surface area contributed by atoms with Gasteiger partial charge in [0.15, 0.2) is 0 Å². The summed E-state index contributed by atoms with van der Waals surface area (Å²) >= 11 is 3.66. The molecule has 0 unspecified atom stereocenters. The van der Waals surface area contributed by atoms with Crippen LogP contribution in [-0.2, 0) is 0 Å². The van der Waals surface area contributed by atoms with Gasteiger partial charge in [-0.3, -0.25) is 0 Å². The van der Waals surface area contributed by atoms with Crippen molar-refractivity contribution in [3.8, 4) is 0 Å². The zero-order valence-corrected chi connectivity index (χ0v) is 12.1. The van der Waals surface area contributed by atoms with Gasteiger partial charge in [-0.15, -0.1) is 0 Å². The van der Waals surface area contributed by atoms with Crippen LogP contribution in [0.1, 0.15) is 65.7 Å². The van der Waals surface area contributed by atoms with Crippen molar-refractivity contribution in [1.82, 2.24) is 0 Å². The van der Waals surface area contributed by atoms with Gasteiger partial charge in [0.05, 0.1) is 0 Å². The van der Waals surface area contributed by atoms with Crippen LogP contribution in [0.2, 0.25) is 0 Å². The van der Waals surface area contributed by atoms with E-state index in [0.29, 0.717) is 0 Å². The predicted octanol–water partition coefficient (Wildman–Crippen LogP) is 5.98. The molecule has 0 N–H and O–H groups in total. The molecule has 0 aliphatic rings. The van der Waals surface area contributed by atoms with E-state index in [9.17, 15) is 0 Å². The number of hydrogen-bond acceptors (Lipinski definition) is 0. The van der Waals surface area contributed by atoms with Crippen molar-refractivity contribution in [2.45, 2.75) is 65.7 Å². The van der Waals surface area contributed by atoms with E-state index in [-0.39, 0.29) is 0 Å². The third kappa shape index (κ3) is 8.92. The minimum absolute atomic E-state index is 1.13. The fourth-order valence-electron chi connectivity index (χ4n) is 1.56. The molecular formula is C14H25Br. The Kier molecular flexibility index (Phi) is 10.4. The number of rotatable bonds is 8. The van der Waals surface area contributed by atoms with Gasteiger partial charge >= 0.3 is 0 Å². The molecule has 0 bridgehead atoms. The second-order valence-corrected chi connectivity index (χ2v) is 4.96. The molecule has 0 aromatic rings. The van der Waals surface area contributed by atoms with Crippen molar-refractivity contribution >= 4 is 15.9 Å². The Morgan fingerprint density at radius 2 is 1.80 bits per heavy atom. The van der Waals surface area contributed by atoms with Crippen LogP contribution in [0.15, 0.2) is 22.2 Å². The molecule has 0 rings (SSSR count). The molecule has 0 aliphatic heterocycles. The molecule has 0 saturated heterocycles. The van der Waals surface area contributed by atoms with Crippen molar-refractivity contribution in [3.05, 3.63) is 22.2 Å². The minimum Gasteiger partial charge on any atom is -0.0816 e. The summed E-state index contributed by atoms with van der Waals surface area (Å²) in [5, 5.41) is 0. The molecule has 0 aromatic heterocycles. The van der Waals surface area contributed by atoms with Crippen LogP contribution in [0, 0.1) is 0 Å². The average Bonchev–Trinajstić information content (AvgIpc) is 2.24. The van der Waals surface area contributed by atoms with E-state index in [1.165, 1.54) is 42.2 Å². The number of unbranched alkanes of at least 4 members (excludes halogenated alkanes) is 3. The lowest BCUT2D eigenvalue weighted by Crippen LogP contribution is -1.81. The second kappa shape index (κ2) is 10.5. The number of allylic oxidation sites excluding steroid dienone is 4. The highest BCUT2D eigenvalue weighted by Gasteiger charge is 1.95. The summed E-state index contributed by atoms with van der Waals surface area (Å²) < 4.78 is 1.36. The zero-order valence-electron chi connectivity index (χ0n) is 10.5. The van der Waals surface area contributed by atoms with Gasteiger partial charge in [0.2, 0.25) is 0 Å². The smallest absolute Gasteiger partial charge is 0.00467 e. The summed E-state index contributed by atoms with van der Waals surface area (Å²) in [4.78, 5) is 0. The molecule has 0 amide bonds. The molecule has 0 spiro atoms. The zero-order chi connectivity index (χ0) is 11.5. The first-order chi connectivity index (χ1) is 7.24. The maximum Gasteiger partial charge on any atom is -0.00467 e. The van der Waals surface area contributed by atoms with Crippen molar-refractivity contribution < 1.29 is 0 Å². The van der Waals surface area contributed by atoms with Crippen molar-refractivity contribution in [3.63, 3.8) is 0 Å². The molecule has 88 valence electrons. The van der Waals surface area contributed by atoms with E-state index in [1.807, 2.05) is 0 Å². The first-order valence-corrected chi connectivity index (χ1v) is 7.08. The van der Waals surface area contributed by atoms with Crippen molar-refractivity contribution in [2.75, 3.05) is 0 Å². The van der Waals surface area contributed by atoms with Gasteiger partial charge in [-0.25, -0.2) is 0 Å². The molecule has 0 heterocycles. The first kappa shape index (κ1) is 15.0. The van der Waals surface area contributed by atoms with E-state index in [0.717, 1.165) is 12.8 Å². The van der Waals surface area contributed by atoms with Gasteiger partial charge in [-0.1, -0.05) is 67.6 Å². The molecule has 0 aromatic carbocycles. The minimum atomic E-state index is 1.13. The number of halogens is 1. The fraction of sp³-hybridized carbons (Fsp3) is 0.714. The lowest BCUT2D eigenvalue weighted by atomic mass is 10.1. The van der Waals surface area contributed by atoms with E-state index in [4.69, 9.17) is 0 Å². The Balaban J connectivity index is 3.90. The van der Waals surface area contributed by atoms with E-state index in [2.05, 4.69) is 48.9 Å². The standard InChI is InChI=1S/C14H25Br/c1-4-7-8-9-11-14(15)12-13(6-3)10-5-2/h10,12H,4-9,11H2,1-3H3/b13-10-,14-12-. The largest absolute Gasteiger partial charge is 0.0816 e. The Bertz CT molecular complexity index is 201. The van der Waals surface area contributed by atoms with Gasteiger partial charge < -0.3 is 0 Å². The molecule has 15 heavy (non-hydrogen) atoms. The molecule has 0 aliphatic carbocycles. The molecule has 1 heteroatoms. The van der Waals surface area contributed by atoms with Crippen molar-refractivity contribution in [2.24, 2.45) is 0 Å². The van der Waals surface area contributed by atoms with Gasteiger partial charge in [0.1, 0.15) is 0 Å². The fourth-order valence-corrected chi connectivity index (χ4v) is 2.14. The molecule has 0 radical (unpaired) electrons. The van der Waals surface area contributed by atoms with Gasteiger partial charge in [-0.2, -0.15) is 0 Å². The molecular weight excluding hydrogens is 248 g/mol. The van der Waals surface area contributed by atoms with Crippen LogP contribution in [0.25, 0.3) is 0 Å². The summed E-state index contributed by atoms with van der Waals surface area (Å²) in [5.41, 5.74) is 1.46. The summed E-state index contributed by atoms with van der Waals surface area (Å²) in [6.45, 7) is 6.66. The van der Waals surface area contributed by atoms with Crippen molar-refractivity contribution in [1.29, 1.82) is 0 Å². The summed E-state index contributed by atoms with van der Waals surface area (Å²) in [7, 11) is 0. The molecule has 0 fully saturated rings. The Labute approximate surface area is 104 Å². The van der Waals surface area contributed by atoms with Gasteiger partial charge in [-0.05, 0) is 36.2 Å². The highest BCUT2D eigenvalue weighted by atomic mass is 79.9. The predicted molar refractivity (Wildman–Crippen MR) is 74.4 cm³/mol. The summed E-state index contributed by atoms with van der Waals surface area (Å²) in [6.07, 6.45) is 13.4. The second-order valence-electron chi connectivity index (χ2n) is 3.94. The van der Waals surface area contributed by atoms with Crippen LogP contribution < -0.4 is 0 Å². The quantitative estimate of drug-likeness (QED) is 0.377. The first-order valence-electron chi connectivity index (χ1n) is 6.29. The van der Waals surface area contributed by atoms with Crippen LogP contribution in [0.4, 0.5) is 0 Å². The molecule has 0 saturated carbocycles. The topological polar surface area (TPSA) is 0 Å². The Morgan fingerprint density at radius 1 is 1.07 bits per heavy atom. The third-order valence-electron chi connectivity index (χ3n) is 2.49. The lowest BCUT2D eigenvalue weighted by molar-refractivity contribution is 0.672. The van der Waals surface area contributed by atoms with Gasteiger partial charge in [0, 0.05) is 0 Å². The summed E-state index contributed by atoms with van der Waals surface area (Å²) in [6, 6.07) is 0. The van der Waals surface area contributed by atoms with Crippen LogP contribution >= 0.6 is 15.9 Å². The van der Waals surface area contributed by atoms with Crippen LogP contribution in [0.5, 0.6) is 0 Å². The van der Waals surface area contributed by atoms with E-state index < -0.39 is 0 Å². The Hall–Kier alpha value is -0.0400. The highest BCUT2D eigenvalue weighted by Crippen LogP contribution is 2.19. The number of hydrogen-bond donors (Lipinski definition) is 0. The maximum absolute atomic E-state index is 3.66. The van der Waals surface area contributed by atoms with Crippen LogP contribution in [0.3, 0.4) is 0 Å². The maximum atomic E-state index is 3.66. The monoisotopic (exact) mass is 272 g/mol. The van der Waals surface area contributed by atoms with E-state index in [1.54, 1.807) is 0 Å². The van der Waals surface area contributed by atoms with Gasteiger partial charge in [0.25, 0.3) is 0 Å². The van der Waals surface area contributed by atoms with Crippen LogP contribution in [-0.4, -0.2) is 0 Å². The highest BCUT2D eigenvalue weighted by molar-refractivity contribution is 9.11. The normalized spacial score (nSPS) is 13.3.